The molecular formula is C13H18O11. The van der Waals surface area contributed by atoms with E-state index in [1.165, 1.54) is 0 Å². The van der Waals surface area contributed by atoms with E-state index >= 15 is 0 Å². The summed E-state index contributed by atoms with van der Waals surface area (Å²) in [4.78, 5) is 58.2. The van der Waals surface area contributed by atoms with E-state index in [1.807, 2.05) is 0 Å². The normalized spacial score (nSPS) is 15.7. The van der Waals surface area contributed by atoms with Gasteiger partial charge in [-0.2, -0.15) is 0 Å². The highest BCUT2D eigenvalue weighted by molar-refractivity contribution is 6.04. The molecule has 0 saturated heterocycles. The minimum Gasteiger partial charge on any atom is -0.481 e. The van der Waals surface area contributed by atoms with Crippen molar-refractivity contribution < 1.29 is 53.9 Å². The fourth-order valence-corrected chi connectivity index (χ4v) is 2.56. The molecule has 0 spiro atoms. The van der Waals surface area contributed by atoms with Crippen LogP contribution in [-0.2, 0) is 33.4 Å². The van der Waals surface area contributed by atoms with E-state index in [9.17, 15) is 39.3 Å². The molecule has 0 aliphatic heterocycles. The van der Waals surface area contributed by atoms with Gasteiger partial charge in [0.25, 0.3) is 0 Å². The highest BCUT2D eigenvalue weighted by atomic mass is 16.5. The molecule has 2 unspecified atom stereocenters. The van der Waals surface area contributed by atoms with E-state index < -0.39 is 59.6 Å². The Kier molecular flexibility index (Phi) is 6.86. The summed E-state index contributed by atoms with van der Waals surface area (Å²) in [6.07, 6.45) is -2.36. The van der Waals surface area contributed by atoms with Gasteiger partial charge in [-0.15, -0.1) is 0 Å². The minimum absolute atomic E-state index is 0.784. The first kappa shape index (κ1) is 21.3. The number of methoxy groups -OCH3 is 2. The number of esters is 2. The molecule has 0 fully saturated rings. The lowest BCUT2D eigenvalue weighted by Crippen LogP contribution is -2.65. The van der Waals surface area contributed by atoms with Crippen LogP contribution in [0.1, 0.15) is 19.8 Å². The first-order valence-corrected chi connectivity index (χ1v) is 6.52. The molecule has 24 heavy (non-hydrogen) atoms. The first-order valence-electron chi connectivity index (χ1n) is 6.52. The summed E-state index contributed by atoms with van der Waals surface area (Å²) in [5.74, 6) is -11.5. The maximum atomic E-state index is 11.9. The molecule has 0 saturated carbocycles. The van der Waals surface area contributed by atoms with Gasteiger partial charge in [0.05, 0.1) is 20.6 Å². The van der Waals surface area contributed by atoms with Crippen LogP contribution in [0.2, 0.25) is 0 Å². The average molecular weight is 350 g/mol. The van der Waals surface area contributed by atoms with E-state index in [0.29, 0.717) is 0 Å². The number of aliphatic carboxylic acids is 3. The van der Waals surface area contributed by atoms with E-state index in [-0.39, 0.29) is 0 Å². The highest BCUT2D eigenvalue weighted by Crippen LogP contribution is 2.46. The molecule has 0 heterocycles. The van der Waals surface area contributed by atoms with Crippen LogP contribution in [0.3, 0.4) is 0 Å². The molecule has 0 aromatic heterocycles. The second-order valence-corrected chi connectivity index (χ2v) is 4.85. The number of carbonyl (C=O) groups is 5. The van der Waals surface area contributed by atoms with Crippen molar-refractivity contribution in [1.29, 1.82) is 0 Å². The number of carboxylic acids is 3. The third kappa shape index (κ3) is 3.30. The maximum Gasteiger partial charge on any atom is 0.337 e. The number of hydrogen-bond donors (Lipinski definition) is 4. The Hall–Kier alpha value is -2.69. The first-order chi connectivity index (χ1) is 11.0. The SMILES string of the molecule is CCC(C(=O)O)(C(C(=O)OC)C(=O)OC)C(O)(CC(=O)O)C(=O)O. The van der Waals surface area contributed by atoms with E-state index in [4.69, 9.17) is 5.11 Å². The lowest BCUT2D eigenvalue weighted by Gasteiger charge is -2.42. The molecule has 0 aliphatic rings. The molecule has 11 heteroatoms. The summed E-state index contributed by atoms with van der Waals surface area (Å²) in [5, 5.41) is 38.1. The van der Waals surface area contributed by atoms with Gasteiger partial charge < -0.3 is 29.9 Å². The maximum absolute atomic E-state index is 11.9. The van der Waals surface area contributed by atoms with E-state index in [1.54, 1.807) is 0 Å². The monoisotopic (exact) mass is 350 g/mol. The van der Waals surface area contributed by atoms with Gasteiger partial charge in [-0.25, -0.2) is 4.79 Å². The Morgan fingerprint density at radius 2 is 1.33 bits per heavy atom. The molecule has 4 N–H and O–H groups in total. The van der Waals surface area contributed by atoms with Crippen molar-refractivity contribution in [3.05, 3.63) is 0 Å². The fourth-order valence-electron chi connectivity index (χ4n) is 2.56. The van der Waals surface area contributed by atoms with Crippen LogP contribution >= 0.6 is 0 Å². The van der Waals surface area contributed by atoms with Crippen LogP contribution in [-0.4, -0.2) is 70.1 Å². The lowest BCUT2D eigenvalue weighted by atomic mass is 9.60. The van der Waals surface area contributed by atoms with Crippen molar-refractivity contribution in [3.8, 4) is 0 Å². The third-order valence-electron chi connectivity index (χ3n) is 3.80. The standard InChI is InChI=1S/C13H18O11/c1-4-12(10(18)19,7(8(16)23-2)9(17)24-3)13(22,11(20)21)5-6(14)15/h7,22H,4-5H2,1-3H3,(H,14,15)(H,18,19)(H,20,21). The molecule has 0 rings (SSSR count). The zero-order chi connectivity index (χ0) is 19.3. The zero-order valence-corrected chi connectivity index (χ0v) is 13.1. The molecule has 0 aromatic carbocycles. The van der Waals surface area contributed by atoms with Crippen LogP contribution in [0.25, 0.3) is 0 Å². The average Bonchev–Trinajstić information content (AvgIpc) is 2.49. The predicted octanol–water partition coefficient (Wildman–Crippen LogP) is -1.28. The van der Waals surface area contributed by atoms with Crippen molar-refractivity contribution in [1.82, 2.24) is 0 Å². The molecule has 0 aliphatic carbocycles. The smallest absolute Gasteiger partial charge is 0.337 e. The van der Waals surface area contributed by atoms with Crippen molar-refractivity contribution in [2.24, 2.45) is 11.3 Å². The molecule has 0 amide bonds. The van der Waals surface area contributed by atoms with Crippen LogP contribution in [0.15, 0.2) is 0 Å². The van der Waals surface area contributed by atoms with Gasteiger partial charge in [0.1, 0.15) is 5.41 Å². The number of hydrogen-bond acceptors (Lipinski definition) is 8. The van der Waals surface area contributed by atoms with Gasteiger partial charge in [-0.05, 0) is 6.42 Å². The largest absolute Gasteiger partial charge is 0.481 e. The van der Waals surface area contributed by atoms with Gasteiger partial charge in [0.15, 0.2) is 11.5 Å². The van der Waals surface area contributed by atoms with Gasteiger partial charge in [0, 0.05) is 0 Å². The fraction of sp³-hybridized carbons (Fsp3) is 0.615. The summed E-state index contributed by atoms with van der Waals surface area (Å²) in [7, 11) is 1.61. The molecule has 136 valence electrons. The minimum atomic E-state index is -3.49. The highest BCUT2D eigenvalue weighted by Gasteiger charge is 2.69. The second-order valence-electron chi connectivity index (χ2n) is 4.85. The summed E-state index contributed by atoms with van der Waals surface area (Å²) < 4.78 is 8.64. The quantitative estimate of drug-likeness (QED) is 0.287. The van der Waals surface area contributed by atoms with Gasteiger partial charge in [0.2, 0.25) is 0 Å². The Morgan fingerprint density at radius 1 is 0.917 bits per heavy atom. The van der Waals surface area contributed by atoms with Crippen molar-refractivity contribution in [3.63, 3.8) is 0 Å². The summed E-state index contributed by atoms with van der Waals surface area (Å²) in [6.45, 7) is 1.07. The predicted molar refractivity (Wildman–Crippen MR) is 72.7 cm³/mol. The molecule has 0 bridgehead atoms. The summed E-state index contributed by atoms with van der Waals surface area (Å²) in [6, 6.07) is 0. The number of carboxylic acid groups (broad SMARTS) is 3. The van der Waals surface area contributed by atoms with Crippen LogP contribution in [0, 0.1) is 11.3 Å². The second kappa shape index (κ2) is 7.73. The molecule has 2 atom stereocenters. The van der Waals surface area contributed by atoms with E-state index in [0.717, 1.165) is 21.1 Å². The van der Waals surface area contributed by atoms with Crippen LogP contribution in [0.5, 0.6) is 0 Å². The van der Waals surface area contributed by atoms with Crippen LogP contribution in [0.4, 0.5) is 0 Å². The zero-order valence-electron chi connectivity index (χ0n) is 13.1. The third-order valence-corrected chi connectivity index (χ3v) is 3.80. The Labute approximate surface area is 135 Å². The number of carbonyl (C=O) groups excluding carboxylic acids is 2. The van der Waals surface area contributed by atoms with E-state index in [2.05, 4.69) is 9.47 Å². The Bertz CT molecular complexity index is 538. The number of ether oxygens (including phenoxy) is 2. The summed E-state index contributed by atoms with van der Waals surface area (Å²) in [5.41, 5.74) is -6.54. The molecule has 0 aromatic rings. The van der Waals surface area contributed by atoms with Gasteiger partial charge in [-0.3, -0.25) is 19.2 Å². The van der Waals surface area contributed by atoms with Gasteiger partial charge >= 0.3 is 29.8 Å². The number of aliphatic hydroxyl groups is 1. The van der Waals surface area contributed by atoms with Crippen LogP contribution < -0.4 is 0 Å². The van der Waals surface area contributed by atoms with Crippen molar-refractivity contribution >= 4 is 29.8 Å². The summed E-state index contributed by atoms with van der Waals surface area (Å²) >= 11 is 0. The van der Waals surface area contributed by atoms with Crippen molar-refractivity contribution in [2.45, 2.75) is 25.4 Å². The Morgan fingerprint density at radius 3 is 1.54 bits per heavy atom. The Balaban J connectivity index is 6.83. The molecule has 0 radical (unpaired) electrons. The molecule has 11 nitrogen and oxygen atoms in total. The van der Waals surface area contributed by atoms with Crippen molar-refractivity contribution in [2.75, 3.05) is 14.2 Å². The molecular weight excluding hydrogens is 332 g/mol. The topological polar surface area (TPSA) is 185 Å². The van der Waals surface area contributed by atoms with Gasteiger partial charge in [-0.1, -0.05) is 6.92 Å². The lowest BCUT2D eigenvalue weighted by molar-refractivity contribution is -0.209. The number of rotatable bonds is 9.